The van der Waals surface area contributed by atoms with E-state index >= 15 is 0 Å². The van der Waals surface area contributed by atoms with Crippen molar-refractivity contribution < 1.29 is 4.79 Å². The molecule has 1 fully saturated rings. The van der Waals surface area contributed by atoms with Crippen molar-refractivity contribution in [1.29, 1.82) is 0 Å². The number of hydrogen-bond acceptors (Lipinski definition) is 6. The standard InChI is InChI=1S/C31H35N7O/c1-23-9-7-10-24(2)29(23)38-31(33-34-35-38)30(27-14-16-28(17-15-27)32-25(3)39)37-21-19-36(20-22-37)18-8-13-26-11-5-4-6-12-26/h4-17,30H,18-22H2,1-3H3,(H,32,39)/t30-/m1/s1. The van der Waals surface area contributed by atoms with E-state index in [-0.39, 0.29) is 11.9 Å². The van der Waals surface area contributed by atoms with Gasteiger partial charge in [0.2, 0.25) is 5.91 Å². The summed E-state index contributed by atoms with van der Waals surface area (Å²) in [5, 5.41) is 16.0. The fraction of sp³-hybridized carbons (Fsp3) is 0.290. The number of nitrogens with one attached hydrogen (secondary N) is 1. The SMILES string of the molecule is CC(=O)Nc1ccc([C@H](c2nnnn2-c2c(C)cccc2C)N2CCN(CC=Cc3ccccc3)CC2)cc1. The highest BCUT2D eigenvalue weighted by molar-refractivity contribution is 5.88. The van der Waals surface area contributed by atoms with Gasteiger partial charge in [-0.3, -0.25) is 14.6 Å². The number of carbonyl (C=O) groups is 1. The molecule has 1 atom stereocenters. The maximum Gasteiger partial charge on any atom is 0.221 e. The molecule has 1 aliphatic heterocycles. The van der Waals surface area contributed by atoms with Gasteiger partial charge in [-0.1, -0.05) is 72.8 Å². The summed E-state index contributed by atoms with van der Waals surface area (Å²) in [6, 6.07) is 24.5. The van der Waals surface area contributed by atoms with Crippen LogP contribution in [0, 0.1) is 13.8 Å². The molecule has 2 heterocycles. The number of amides is 1. The first-order valence-corrected chi connectivity index (χ1v) is 13.4. The first-order chi connectivity index (χ1) is 19.0. The Morgan fingerprint density at radius 3 is 2.28 bits per heavy atom. The van der Waals surface area contributed by atoms with E-state index in [4.69, 9.17) is 0 Å². The number of carbonyl (C=O) groups excluding carboxylic acids is 1. The molecule has 1 N–H and O–H groups in total. The van der Waals surface area contributed by atoms with Gasteiger partial charge >= 0.3 is 0 Å². The maximum absolute atomic E-state index is 11.6. The summed E-state index contributed by atoms with van der Waals surface area (Å²) in [6.45, 7) is 10.3. The lowest BCUT2D eigenvalue weighted by Gasteiger charge is -2.38. The number of piperazine rings is 1. The Hall–Kier alpha value is -4.14. The lowest BCUT2D eigenvalue weighted by atomic mass is 10.0. The molecular weight excluding hydrogens is 486 g/mol. The number of aryl methyl sites for hydroxylation is 2. The number of nitrogens with zero attached hydrogens (tertiary/aromatic N) is 6. The molecule has 8 heteroatoms. The number of tetrazole rings is 1. The predicted octanol–water partition coefficient (Wildman–Crippen LogP) is 4.66. The van der Waals surface area contributed by atoms with Gasteiger partial charge in [0.05, 0.1) is 11.7 Å². The second kappa shape index (κ2) is 12.1. The lowest BCUT2D eigenvalue weighted by molar-refractivity contribution is -0.114. The van der Waals surface area contributed by atoms with Crippen LogP contribution in [0.25, 0.3) is 11.8 Å². The highest BCUT2D eigenvalue weighted by Gasteiger charge is 2.31. The van der Waals surface area contributed by atoms with Gasteiger partial charge in [0, 0.05) is 45.3 Å². The van der Waals surface area contributed by atoms with Crippen molar-refractivity contribution in [2.24, 2.45) is 0 Å². The molecule has 0 spiro atoms. The van der Waals surface area contributed by atoms with E-state index in [0.29, 0.717) is 0 Å². The molecule has 0 unspecified atom stereocenters. The zero-order valence-electron chi connectivity index (χ0n) is 22.8. The molecule has 1 aliphatic rings. The molecule has 3 aromatic carbocycles. The Morgan fingerprint density at radius 2 is 1.62 bits per heavy atom. The molecule has 4 aromatic rings. The average Bonchev–Trinajstić information content (AvgIpc) is 3.40. The molecule has 1 saturated heterocycles. The van der Waals surface area contributed by atoms with Crippen molar-refractivity contribution in [3.05, 3.63) is 107 Å². The molecule has 1 amide bonds. The summed E-state index contributed by atoms with van der Waals surface area (Å²) in [6.07, 6.45) is 4.43. The van der Waals surface area contributed by atoms with Crippen LogP contribution in [0.4, 0.5) is 5.69 Å². The number of rotatable bonds is 8. The van der Waals surface area contributed by atoms with Crippen molar-refractivity contribution in [1.82, 2.24) is 30.0 Å². The van der Waals surface area contributed by atoms with Crippen LogP contribution in [-0.2, 0) is 4.79 Å². The minimum Gasteiger partial charge on any atom is -0.326 e. The van der Waals surface area contributed by atoms with Crippen LogP contribution < -0.4 is 5.32 Å². The number of aromatic nitrogens is 4. The minimum absolute atomic E-state index is 0.0873. The van der Waals surface area contributed by atoms with E-state index in [1.165, 1.54) is 12.5 Å². The highest BCUT2D eigenvalue weighted by atomic mass is 16.1. The quantitative estimate of drug-likeness (QED) is 0.363. The van der Waals surface area contributed by atoms with Crippen molar-refractivity contribution in [2.75, 3.05) is 38.0 Å². The predicted molar refractivity (Wildman–Crippen MR) is 155 cm³/mol. The highest BCUT2D eigenvalue weighted by Crippen LogP contribution is 2.31. The summed E-state index contributed by atoms with van der Waals surface area (Å²) >= 11 is 0. The van der Waals surface area contributed by atoms with Crippen LogP contribution in [0.15, 0.2) is 78.9 Å². The Kier molecular flexibility index (Phi) is 8.24. The first-order valence-electron chi connectivity index (χ1n) is 13.4. The van der Waals surface area contributed by atoms with Gasteiger partial charge in [-0.15, -0.1) is 5.10 Å². The molecule has 0 aliphatic carbocycles. The van der Waals surface area contributed by atoms with Crippen molar-refractivity contribution in [3.63, 3.8) is 0 Å². The molecule has 0 saturated carbocycles. The third kappa shape index (κ3) is 6.30. The zero-order chi connectivity index (χ0) is 27.2. The Labute approximate surface area is 230 Å². The summed E-state index contributed by atoms with van der Waals surface area (Å²) in [7, 11) is 0. The summed E-state index contributed by atoms with van der Waals surface area (Å²) in [5.74, 6) is 0.702. The van der Waals surface area contributed by atoms with Gasteiger partial charge in [-0.05, 0) is 58.7 Å². The molecule has 8 nitrogen and oxygen atoms in total. The third-order valence-electron chi connectivity index (χ3n) is 7.18. The van der Waals surface area contributed by atoms with Crippen LogP contribution in [0.5, 0.6) is 0 Å². The third-order valence-corrected chi connectivity index (χ3v) is 7.18. The van der Waals surface area contributed by atoms with Crippen LogP contribution in [0.1, 0.15) is 41.0 Å². The minimum atomic E-state index is -0.132. The molecule has 200 valence electrons. The number of para-hydroxylation sites is 1. The second-order valence-electron chi connectivity index (χ2n) is 10.0. The van der Waals surface area contributed by atoms with E-state index < -0.39 is 0 Å². The number of benzene rings is 3. The van der Waals surface area contributed by atoms with Crippen molar-refractivity contribution in [3.8, 4) is 5.69 Å². The van der Waals surface area contributed by atoms with E-state index in [2.05, 4.69) is 111 Å². The van der Waals surface area contributed by atoms with Crippen molar-refractivity contribution >= 4 is 17.7 Å². The summed E-state index contributed by atoms with van der Waals surface area (Å²) in [4.78, 5) is 16.5. The smallest absolute Gasteiger partial charge is 0.221 e. The molecule has 1 aromatic heterocycles. The number of anilines is 1. The summed E-state index contributed by atoms with van der Waals surface area (Å²) < 4.78 is 1.89. The van der Waals surface area contributed by atoms with Gasteiger partial charge < -0.3 is 5.32 Å². The topological polar surface area (TPSA) is 79.2 Å². The van der Waals surface area contributed by atoms with Crippen LogP contribution in [0.2, 0.25) is 0 Å². The van der Waals surface area contributed by atoms with E-state index in [0.717, 1.165) is 66.6 Å². The normalized spacial score (nSPS) is 15.5. The first kappa shape index (κ1) is 26.5. The zero-order valence-corrected chi connectivity index (χ0v) is 22.8. The van der Waals surface area contributed by atoms with E-state index in [1.54, 1.807) is 0 Å². The van der Waals surface area contributed by atoms with Gasteiger partial charge in [0.15, 0.2) is 5.82 Å². The van der Waals surface area contributed by atoms with E-state index in [1.807, 2.05) is 22.9 Å². The lowest BCUT2D eigenvalue weighted by Crippen LogP contribution is -2.48. The van der Waals surface area contributed by atoms with Gasteiger partial charge in [0.1, 0.15) is 0 Å². The van der Waals surface area contributed by atoms with Gasteiger partial charge in [-0.2, -0.15) is 4.68 Å². The fourth-order valence-electron chi connectivity index (χ4n) is 5.24. The number of hydrogen-bond donors (Lipinski definition) is 1. The average molecular weight is 522 g/mol. The molecular formula is C31H35N7O. The largest absolute Gasteiger partial charge is 0.326 e. The summed E-state index contributed by atoms with van der Waals surface area (Å²) in [5.41, 5.74) is 6.34. The Balaban J connectivity index is 1.40. The van der Waals surface area contributed by atoms with Crippen LogP contribution in [0.3, 0.4) is 0 Å². The molecule has 0 bridgehead atoms. The Bertz CT molecular complexity index is 1400. The Morgan fingerprint density at radius 1 is 0.923 bits per heavy atom. The fourth-order valence-corrected chi connectivity index (χ4v) is 5.24. The monoisotopic (exact) mass is 521 g/mol. The van der Waals surface area contributed by atoms with E-state index in [9.17, 15) is 4.79 Å². The maximum atomic E-state index is 11.6. The molecule has 39 heavy (non-hydrogen) atoms. The van der Waals surface area contributed by atoms with Crippen molar-refractivity contribution in [2.45, 2.75) is 26.8 Å². The second-order valence-corrected chi connectivity index (χ2v) is 10.0. The van der Waals surface area contributed by atoms with Crippen LogP contribution in [-0.4, -0.2) is 68.6 Å². The van der Waals surface area contributed by atoms with Gasteiger partial charge in [0.25, 0.3) is 0 Å². The molecule has 0 radical (unpaired) electrons. The van der Waals surface area contributed by atoms with Gasteiger partial charge in [-0.25, -0.2) is 0 Å². The molecule has 5 rings (SSSR count). The van der Waals surface area contributed by atoms with Crippen LogP contribution >= 0.6 is 0 Å².